The van der Waals surface area contributed by atoms with Gasteiger partial charge in [0.15, 0.2) is 0 Å². The highest BCUT2D eigenvalue weighted by Gasteiger charge is 2.33. The molecule has 2 aliphatic rings. The quantitative estimate of drug-likeness (QED) is 0.729. The SMILES string of the molecule is CC(C)C1CC(CC(C)C2CN(C)C2)CO1. The van der Waals surface area contributed by atoms with Crippen LogP contribution in [0.3, 0.4) is 0 Å². The molecule has 2 fully saturated rings. The first-order valence-electron chi connectivity index (χ1n) is 6.86. The van der Waals surface area contributed by atoms with Crippen LogP contribution in [0.4, 0.5) is 0 Å². The van der Waals surface area contributed by atoms with Crippen LogP contribution in [0.2, 0.25) is 0 Å². The highest BCUT2D eigenvalue weighted by molar-refractivity contribution is 4.84. The number of ether oxygens (including phenoxy) is 1. The number of nitrogens with zero attached hydrogens (tertiary/aromatic N) is 1. The Kier molecular flexibility index (Phi) is 3.91. The van der Waals surface area contributed by atoms with Gasteiger partial charge in [-0.25, -0.2) is 0 Å². The van der Waals surface area contributed by atoms with Crippen LogP contribution < -0.4 is 0 Å². The van der Waals surface area contributed by atoms with Gasteiger partial charge in [-0.1, -0.05) is 20.8 Å². The lowest BCUT2D eigenvalue weighted by Gasteiger charge is -2.40. The Morgan fingerprint density at radius 1 is 1.25 bits per heavy atom. The summed E-state index contributed by atoms with van der Waals surface area (Å²) in [5.74, 6) is 3.35. The van der Waals surface area contributed by atoms with E-state index in [0.717, 1.165) is 24.4 Å². The first-order valence-corrected chi connectivity index (χ1v) is 6.86. The van der Waals surface area contributed by atoms with Gasteiger partial charge < -0.3 is 9.64 Å². The van der Waals surface area contributed by atoms with Crippen molar-refractivity contribution in [1.29, 1.82) is 0 Å². The minimum Gasteiger partial charge on any atom is -0.378 e. The van der Waals surface area contributed by atoms with E-state index in [0.29, 0.717) is 12.0 Å². The topological polar surface area (TPSA) is 12.5 Å². The molecule has 3 unspecified atom stereocenters. The Bertz CT molecular complexity index is 223. The van der Waals surface area contributed by atoms with Crippen molar-refractivity contribution in [1.82, 2.24) is 4.90 Å². The van der Waals surface area contributed by atoms with Crippen molar-refractivity contribution < 1.29 is 4.74 Å². The van der Waals surface area contributed by atoms with Crippen molar-refractivity contribution in [2.75, 3.05) is 26.7 Å². The van der Waals surface area contributed by atoms with Crippen molar-refractivity contribution in [3.05, 3.63) is 0 Å². The van der Waals surface area contributed by atoms with Gasteiger partial charge in [0.05, 0.1) is 6.10 Å². The Labute approximate surface area is 100 Å². The number of hydrogen-bond acceptors (Lipinski definition) is 2. The Morgan fingerprint density at radius 3 is 2.44 bits per heavy atom. The third-order valence-corrected chi connectivity index (χ3v) is 4.46. The normalized spacial score (nSPS) is 34.3. The summed E-state index contributed by atoms with van der Waals surface area (Å²) in [6.07, 6.45) is 3.20. The second-order valence-corrected chi connectivity index (χ2v) is 6.41. The molecular weight excluding hydrogens is 198 g/mol. The maximum absolute atomic E-state index is 5.87. The summed E-state index contributed by atoms with van der Waals surface area (Å²) in [4.78, 5) is 2.42. The number of hydrogen-bond donors (Lipinski definition) is 0. The minimum absolute atomic E-state index is 0.529. The van der Waals surface area contributed by atoms with Crippen LogP contribution in [-0.2, 0) is 4.74 Å². The molecular formula is C14H27NO. The maximum Gasteiger partial charge on any atom is 0.0601 e. The van der Waals surface area contributed by atoms with E-state index in [2.05, 4.69) is 32.7 Å². The Hall–Kier alpha value is -0.0800. The molecule has 2 nitrogen and oxygen atoms in total. The van der Waals surface area contributed by atoms with E-state index in [1.54, 1.807) is 0 Å². The van der Waals surface area contributed by atoms with Crippen LogP contribution >= 0.6 is 0 Å². The molecule has 2 heteroatoms. The van der Waals surface area contributed by atoms with E-state index in [1.807, 2.05) is 0 Å². The molecule has 0 aromatic rings. The molecule has 94 valence electrons. The Balaban J connectivity index is 1.70. The molecule has 2 rings (SSSR count). The average molecular weight is 225 g/mol. The van der Waals surface area contributed by atoms with Gasteiger partial charge in [-0.05, 0) is 43.6 Å². The molecule has 2 saturated heterocycles. The second-order valence-electron chi connectivity index (χ2n) is 6.41. The van der Waals surface area contributed by atoms with E-state index in [1.165, 1.54) is 25.9 Å². The standard InChI is InChI=1S/C14H27NO/c1-10(2)14-6-12(9-16-14)5-11(3)13-7-15(4)8-13/h10-14H,5-9H2,1-4H3. The minimum atomic E-state index is 0.529. The van der Waals surface area contributed by atoms with Gasteiger partial charge in [0.1, 0.15) is 0 Å². The highest BCUT2D eigenvalue weighted by Crippen LogP contribution is 2.33. The monoisotopic (exact) mass is 225 g/mol. The molecule has 0 spiro atoms. The van der Waals surface area contributed by atoms with Crippen molar-refractivity contribution in [3.8, 4) is 0 Å². The molecule has 0 aromatic carbocycles. The summed E-state index contributed by atoms with van der Waals surface area (Å²) in [6.45, 7) is 10.6. The largest absolute Gasteiger partial charge is 0.378 e. The fourth-order valence-electron chi connectivity index (χ4n) is 3.18. The molecule has 16 heavy (non-hydrogen) atoms. The van der Waals surface area contributed by atoms with E-state index in [-0.39, 0.29) is 0 Å². The molecule has 3 atom stereocenters. The molecule has 0 aromatic heterocycles. The molecule has 0 bridgehead atoms. The van der Waals surface area contributed by atoms with Gasteiger partial charge in [0, 0.05) is 19.7 Å². The lowest BCUT2D eigenvalue weighted by atomic mass is 9.80. The molecule has 0 saturated carbocycles. The zero-order valence-electron chi connectivity index (χ0n) is 11.3. The van der Waals surface area contributed by atoms with Crippen LogP contribution in [-0.4, -0.2) is 37.7 Å². The first-order chi connectivity index (χ1) is 7.56. The van der Waals surface area contributed by atoms with Gasteiger partial charge in [0.2, 0.25) is 0 Å². The number of likely N-dealkylation sites (tertiary alicyclic amines) is 1. The summed E-state index contributed by atoms with van der Waals surface area (Å²) in [7, 11) is 2.22. The lowest BCUT2D eigenvalue weighted by Crippen LogP contribution is -2.47. The van der Waals surface area contributed by atoms with Gasteiger partial charge >= 0.3 is 0 Å². The van der Waals surface area contributed by atoms with E-state index in [9.17, 15) is 0 Å². The summed E-state index contributed by atoms with van der Waals surface area (Å²) >= 11 is 0. The van der Waals surface area contributed by atoms with Crippen molar-refractivity contribution >= 4 is 0 Å². The van der Waals surface area contributed by atoms with Crippen LogP contribution in [0, 0.1) is 23.7 Å². The molecule has 0 aliphatic carbocycles. The maximum atomic E-state index is 5.87. The molecule has 2 heterocycles. The lowest BCUT2D eigenvalue weighted by molar-refractivity contribution is 0.0646. The summed E-state index contributed by atoms with van der Waals surface area (Å²) in [5, 5.41) is 0. The van der Waals surface area contributed by atoms with Crippen molar-refractivity contribution in [2.45, 2.75) is 39.7 Å². The molecule has 0 amide bonds. The van der Waals surface area contributed by atoms with Gasteiger partial charge in [-0.3, -0.25) is 0 Å². The molecule has 0 N–H and O–H groups in total. The van der Waals surface area contributed by atoms with Crippen LogP contribution in [0.25, 0.3) is 0 Å². The smallest absolute Gasteiger partial charge is 0.0601 e. The molecule has 0 radical (unpaired) electrons. The predicted molar refractivity (Wildman–Crippen MR) is 67.5 cm³/mol. The van der Waals surface area contributed by atoms with E-state index >= 15 is 0 Å². The average Bonchev–Trinajstić information content (AvgIpc) is 2.61. The van der Waals surface area contributed by atoms with Crippen molar-refractivity contribution in [2.24, 2.45) is 23.7 Å². The predicted octanol–water partition coefficient (Wildman–Crippen LogP) is 2.64. The summed E-state index contributed by atoms with van der Waals surface area (Å²) in [5.41, 5.74) is 0. The zero-order valence-corrected chi connectivity index (χ0v) is 11.3. The highest BCUT2D eigenvalue weighted by atomic mass is 16.5. The fourth-order valence-corrected chi connectivity index (χ4v) is 3.18. The summed E-state index contributed by atoms with van der Waals surface area (Å²) in [6, 6.07) is 0. The first kappa shape index (κ1) is 12.4. The van der Waals surface area contributed by atoms with Gasteiger partial charge in [0.25, 0.3) is 0 Å². The van der Waals surface area contributed by atoms with Crippen LogP contribution in [0.1, 0.15) is 33.6 Å². The second kappa shape index (κ2) is 5.05. The summed E-state index contributed by atoms with van der Waals surface area (Å²) < 4.78 is 5.87. The third kappa shape index (κ3) is 2.78. The Morgan fingerprint density at radius 2 is 1.94 bits per heavy atom. The van der Waals surface area contributed by atoms with Crippen LogP contribution in [0.5, 0.6) is 0 Å². The zero-order chi connectivity index (χ0) is 11.7. The van der Waals surface area contributed by atoms with E-state index < -0.39 is 0 Å². The fraction of sp³-hybridized carbons (Fsp3) is 1.00. The van der Waals surface area contributed by atoms with Gasteiger partial charge in [-0.15, -0.1) is 0 Å². The van der Waals surface area contributed by atoms with Crippen LogP contribution in [0.15, 0.2) is 0 Å². The van der Waals surface area contributed by atoms with Gasteiger partial charge in [-0.2, -0.15) is 0 Å². The van der Waals surface area contributed by atoms with E-state index in [4.69, 9.17) is 4.74 Å². The molecule has 2 aliphatic heterocycles. The number of rotatable bonds is 4. The van der Waals surface area contributed by atoms with Crippen molar-refractivity contribution in [3.63, 3.8) is 0 Å². The third-order valence-electron chi connectivity index (χ3n) is 4.46.